The number of aromatic nitrogens is 1. The van der Waals surface area contributed by atoms with Gasteiger partial charge in [-0.25, -0.2) is 4.79 Å². The molecule has 6 rings (SSSR count). The second-order valence-electron chi connectivity index (χ2n) is 9.40. The molecule has 3 aromatic rings. The summed E-state index contributed by atoms with van der Waals surface area (Å²) in [5.74, 6) is -0.374. The number of carbonyl (C=O) groups excluding carboxylic acids is 2. The maximum absolute atomic E-state index is 13.7. The number of piperidine rings is 3. The summed E-state index contributed by atoms with van der Waals surface area (Å²) in [6.45, 7) is 2.42. The Morgan fingerprint density at radius 3 is 2.51 bits per heavy atom. The number of amides is 1. The Balaban J connectivity index is 1.37. The second-order valence-corrected chi connectivity index (χ2v) is 9.81. The number of hydrogen-bond acceptors (Lipinski definition) is 6. The van der Waals surface area contributed by atoms with Crippen molar-refractivity contribution in [1.82, 2.24) is 5.16 Å². The van der Waals surface area contributed by atoms with E-state index in [0.717, 1.165) is 25.9 Å². The van der Waals surface area contributed by atoms with E-state index in [-0.39, 0.29) is 29.0 Å². The molecule has 4 heterocycles. The number of rotatable bonds is 7. The van der Waals surface area contributed by atoms with Gasteiger partial charge in [-0.15, -0.1) is 0 Å². The van der Waals surface area contributed by atoms with Gasteiger partial charge in [0, 0.05) is 35.4 Å². The molecular weight excluding hydrogens is 470 g/mol. The number of aliphatic hydroxyl groups is 1. The van der Waals surface area contributed by atoms with E-state index < -0.39 is 17.7 Å². The molecule has 1 unspecified atom stereocenters. The number of fused-ring (bicyclic) bond motifs is 3. The quantitative estimate of drug-likeness (QED) is 0.384. The molecule has 3 aliphatic heterocycles. The average molecular weight is 497 g/mol. The van der Waals surface area contributed by atoms with Gasteiger partial charge in [-0.05, 0) is 11.6 Å². The summed E-state index contributed by atoms with van der Waals surface area (Å²) in [5.41, 5.74) is -1.40. The van der Waals surface area contributed by atoms with Gasteiger partial charge < -0.3 is 24.2 Å². The van der Waals surface area contributed by atoms with Crippen LogP contribution in [0.4, 0.5) is 5.82 Å². The summed E-state index contributed by atoms with van der Waals surface area (Å²) < 4.78 is 11.3. The predicted molar refractivity (Wildman–Crippen MR) is 128 cm³/mol. The lowest BCUT2D eigenvalue weighted by molar-refractivity contribution is -0.939. The van der Waals surface area contributed by atoms with Crippen molar-refractivity contribution in [3.8, 4) is 0 Å². The van der Waals surface area contributed by atoms with Gasteiger partial charge >= 0.3 is 5.97 Å². The highest BCUT2D eigenvalue weighted by atomic mass is 35.5. The van der Waals surface area contributed by atoms with E-state index in [1.807, 2.05) is 6.07 Å². The molecule has 0 aliphatic carbocycles. The molecule has 0 spiro atoms. The largest absolute Gasteiger partial charge is 0.453 e. The van der Waals surface area contributed by atoms with Gasteiger partial charge in [0.1, 0.15) is 12.8 Å². The lowest BCUT2D eigenvalue weighted by atomic mass is 9.82. The molecule has 1 aromatic heterocycles. The number of quaternary nitrogens is 1. The van der Waals surface area contributed by atoms with Crippen LogP contribution in [-0.2, 0) is 19.9 Å². The molecule has 3 saturated heterocycles. The zero-order chi connectivity index (χ0) is 24.5. The van der Waals surface area contributed by atoms with Crippen molar-refractivity contribution < 1.29 is 28.4 Å². The number of carbonyl (C=O) groups is 2. The third-order valence-corrected chi connectivity index (χ3v) is 7.56. The van der Waals surface area contributed by atoms with Crippen molar-refractivity contribution in [3.05, 3.63) is 83.1 Å². The summed E-state index contributed by atoms with van der Waals surface area (Å²) in [6, 6.07) is 17.0. The molecule has 35 heavy (non-hydrogen) atoms. The number of esters is 1. The third kappa shape index (κ3) is 4.57. The molecule has 0 radical (unpaired) electrons. The lowest BCUT2D eigenvalue weighted by Gasteiger charge is -2.51. The summed E-state index contributed by atoms with van der Waals surface area (Å²) in [4.78, 5) is 26.3. The fraction of sp³-hybridized carbons (Fsp3) is 0.346. The Labute approximate surface area is 208 Å². The Kier molecular flexibility index (Phi) is 6.35. The Morgan fingerprint density at radius 1 is 1.11 bits per heavy atom. The van der Waals surface area contributed by atoms with Crippen molar-refractivity contribution in [3.63, 3.8) is 0 Å². The molecule has 2 aromatic carbocycles. The van der Waals surface area contributed by atoms with Crippen LogP contribution in [0.5, 0.6) is 0 Å². The fourth-order valence-corrected chi connectivity index (χ4v) is 5.65. The predicted octanol–water partition coefficient (Wildman–Crippen LogP) is 3.35. The van der Waals surface area contributed by atoms with Crippen molar-refractivity contribution in [2.75, 3.05) is 31.5 Å². The number of hydrogen-bond donors (Lipinski definition) is 2. The molecule has 2 N–H and O–H groups in total. The maximum atomic E-state index is 13.7. The van der Waals surface area contributed by atoms with E-state index in [2.05, 4.69) is 10.5 Å². The minimum absolute atomic E-state index is 0.166. The number of halogens is 1. The minimum Gasteiger partial charge on any atom is -0.453 e. The normalized spacial score (nSPS) is 25.0. The maximum Gasteiger partial charge on any atom is 0.348 e. The summed E-state index contributed by atoms with van der Waals surface area (Å²) >= 11 is 6.42. The molecule has 2 bridgehead atoms. The van der Waals surface area contributed by atoms with Crippen LogP contribution in [0.25, 0.3) is 0 Å². The minimum atomic E-state index is -2.05. The Hall–Kier alpha value is -3.20. The van der Waals surface area contributed by atoms with Gasteiger partial charge in [-0.2, -0.15) is 0 Å². The van der Waals surface area contributed by atoms with Crippen LogP contribution in [0, 0.1) is 5.92 Å². The van der Waals surface area contributed by atoms with Crippen LogP contribution >= 0.6 is 11.6 Å². The van der Waals surface area contributed by atoms with Crippen LogP contribution in [-0.4, -0.2) is 58.9 Å². The van der Waals surface area contributed by atoms with E-state index in [9.17, 15) is 14.7 Å². The zero-order valence-corrected chi connectivity index (χ0v) is 19.9. The van der Waals surface area contributed by atoms with Gasteiger partial charge in [0.25, 0.3) is 5.91 Å². The zero-order valence-electron chi connectivity index (χ0n) is 19.1. The van der Waals surface area contributed by atoms with Crippen molar-refractivity contribution in [2.45, 2.75) is 24.5 Å². The van der Waals surface area contributed by atoms with E-state index in [1.54, 1.807) is 54.6 Å². The first-order chi connectivity index (χ1) is 16.9. The highest BCUT2D eigenvalue weighted by molar-refractivity contribution is 6.31. The van der Waals surface area contributed by atoms with Crippen molar-refractivity contribution in [2.24, 2.45) is 5.92 Å². The van der Waals surface area contributed by atoms with Crippen LogP contribution in [0.2, 0.25) is 5.02 Å². The fourth-order valence-electron chi connectivity index (χ4n) is 5.38. The second kappa shape index (κ2) is 9.45. The average Bonchev–Trinajstić information content (AvgIpc) is 3.37. The van der Waals surface area contributed by atoms with Gasteiger partial charge in [-0.3, -0.25) is 4.79 Å². The molecular formula is C26H27ClN3O5+. The number of nitrogens with one attached hydrogen (secondary N) is 1. The van der Waals surface area contributed by atoms with Gasteiger partial charge in [0.15, 0.2) is 18.5 Å². The number of benzene rings is 2. The highest BCUT2D eigenvalue weighted by Crippen LogP contribution is 2.39. The smallest absolute Gasteiger partial charge is 0.348 e. The van der Waals surface area contributed by atoms with Crippen LogP contribution in [0.1, 0.15) is 24.0 Å². The standard InChI is InChI=1S/C26H26ClN3O5/c27-21-9-5-4-8-20(21)26(33,19-6-2-1-3-7-19)25(32)35-22-16-30(13-10-18(22)11-14-30)17-24(31)28-23-12-15-34-29-23/h1-9,12,15,18,22,33H,10-11,13-14,16-17H2/p+1/t18?,22?,26-,30?/m1/s1. The van der Waals surface area contributed by atoms with Crippen molar-refractivity contribution >= 4 is 29.3 Å². The summed E-state index contributed by atoms with van der Waals surface area (Å²) in [7, 11) is 0. The summed E-state index contributed by atoms with van der Waals surface area (Å²) in [6.07, 6.45) is 2.66. The first-order valence-electron chi connectivity index (χ1n) is 11.7. The number of nitrogens with zero attached hydrogens (tertiary/aromatic N) is 2. The lowest BCUT2D eigenvalue weighted by Crippen LogP contribution is -2.66. The molecule has 9 heteroatoms. The molecule has 1 amide bonds. The molecule has 8 nitrogen and oxygen atoms in total. The summed E-state index contributed by atoms with van der Waals surface area (Å²) in [5, 5.41) is 18.6. The topological polar surface area (TPSA) is 102 Å². The van der Waals surface area contributed by atoms with E-state index in [0.29, 0.717) is 22.4 Å². The number of anilines is 1. The third-order valence-electron chi connectivity index (χ3n) is 7.23. The van der Waals surface area contributed by atoms with Gasteiger partial charge in [-0.1, -0.05) is 65.3 Å². The first-order valence-corrected chi connectivity index (χ1v) is 12.1. The first kappa shape index (κ1) is 23.5. The molecule has 2 atom stereocenters. The van der Waals surface area contributed by atoms with E-state index in [4.69, 9.17) is 20.9 Å². The Bertz CT molecular complexity index is 1190. The van der Waals surface area contributed by atoms with Crippen LogP contribution in [0.15, 0.2) is 71.4 Å². The highest BCUT2D eigenvalue weighted by Gasteiger charge is 2.51. The monoisotopic (exact) mass is 496 g/mol. The molecule has 182 valence electrons. The van der Waals surface area contributed by atoms with Crippen molar-refractivity contribution in [1.29, 1.82) is 0 Å². The van der Waals surface area contributed by atoms with Gasteiger partial charge in [0.05, 0.1) is 13.1 Å². The van der Waals surface area contributed by atoms with E-state index in [1.165, 1.54) is 6.26 Å². The molecule has 3 aliphatic rings. The number of ether oxygens (including phenoxy) is 1. The molecule has 3 fully saturated rings. The Morgan fingerprint density at radius 2 is 1.83 bits per heavy atom. The van der Waals surface area contributed by atoms with Crippen LogP contribution < -0.4 is 5.32 Å². The SMILES string of the molecule is O=C(C[N+]12CCC(CC1)C(OC(=O)[C@@](O)(c1ccccc1)c1ccccc1Cl)C2)Nc1ccon1. The van der Waals surface area contributed by atoms with E-state index >= 15 is 0 Å². The molecule has 0 saturated carbocycles. The van der Waals surface area contributed by atoms with Gasteiger partial charge in [0.2, 0.25) is 5.60 Å². The van der Waals surface area contributed by atoms with Crippen LogP contribution in [0.3, 0.4) is 0 Å².